The lowest BCUT2D eigenvalue weighted by Gasteiger charge is -2.16. The molecule has 1 aliphatic carbocycles. The van der Waals surface area contributed by atoms with Crippen LogP contribution in [0.4, 0.5) is 0 Å². The number of nitrogens with one attached hydrogen (secondary N) is 1. The van der Waals surface area contributed by atoms with E-state index in [1.165, 1.54) is 6.92 Å². The number of carbonyl (C=O) groups excluding carboxylic acids is 2. The van der Waals surface area contributed by atoms with Gasteiger partial charge in [-0.1, -0.05) is 12.8 Å². The fraction of sp³-hybridized carbons (Fsp3) is 0.727. The summed E-state index contributed by atoms with van der Waals surface area (Å²) in [6.07, 6.45) is 3.59. The van der Waals surface area contributed by atoms with Crippen LogP contribution in [-0.2, 0) is 19.1 Å². The minimum atomic E-state index is -1.20. The molecule has 6 heteroatoms. The van der Waals surface area contributed by atoms with Crippen molar-refractivity contribution < 1.29 is 24.2 Å². The Balaban J connectivity index is 2.44. The number of rotatable bonds is 5. The van der Waals surface area contributed by atoms with Crippen LogP contribution in [0.3, 0.4) is 0 Å². The van der Waals surface area contributed by atoms with Crippen LogP contribution in [0.5, 0.6) is 0 Å². The highest BCUT2D eigenvalue weighted by Crippen LogP contribution is 2.24. The van der Waals surface area contributed by atoms with Crippen molar-refractivity contribution in [2.45, 2.75) is 38.6 Å². The first kappa shape index (κ1) is 13.5. The molecule has 1 rings (SSSR count). The van der Waals surface area contributed by atoms with Gasteiger partial charge in [-0.15, -0.1) is 0 Å². The predicted octanol–water partition coefficient (Wildman–Crippen LogP) is 0.309. The Hall–Kier alpha value is -1.59. The second kappa shape index (κ2) is 6.22. The smallest absolute Gasteiger partial charge is 0.329 e. The molecule has 0 spiro atoms. The van der Waals surface area contributed by atoms with Gasteiger partial charge in [0.2, 0.25) is 5.91 Å². The summed E-state index contributed by atoms with van der Waals surface area (Å²) in [6, 6.07) is -1.16. The van der Waals surface area contributed by atoms with Gasteiger partial charge in [0.25, 0.3) is 0 Å². The molecule has 0 aromatic heterocycles. The SMILES string of the molecule is CC(=O)OC[C@H](NC(=O)C1CCCC1)C(=O)O. The predicted molar refractivity (Wildman–Crippen MR) is 58.2 cm³/mol. The molecule has 1 atom stereocenters. The zero-order chi connectivity index (χ0) is 12.8. The van der Waals surface area contributed by atoms with Crippen LogP contribution in [0.1, 0.15) is 32.6 Å². The van der Waals surface area contributed by atoms with Gasteiger partial charge in [0.1, 0.15) is 6.61 Å². The van der Waals surface area contributed by atoms with Crippen molar-refractivity contribution in [3.05, 3.63) is 0 Å². The zero-order valence-corrected chi connectivity index (χ0v) is 9.77. The highest BCUT2D eigenvalue weighted by atomic mass is 16.5. The molecule has 0 aromatic carbocycles. The number of esters is 1. The van der Waals surface area contributed by atoms with Crippen LogP contribution in [-0.4, -0.2) is 35.6 Å². The Morgan fingerprint density at radius 3 is 2.41 bits per heavy atom. The van der Waals surface area contributed by atoms with E-state index >= 15 is 0 Å². The summed E-state index contributed by atoms with van der Waals surface area (Å²) < 4.78 is 4.59. The Labute approximate surface area is 99.3 Å². The molecule has 0 saturated heterocycles. The molecule has 0 radical (unpaired) electrons. The normalized spacial score (nSPS) is 17.5. The van der Waals surface area contributed by atoms with Gasteiger partial charge in [0.15, 0.2) is 6.04 Å². The molecule has 0 aromatic rings. The summed E-state index contributed by atoms with van der Waals surface area (Å²) in [5.74, 6) is -2.12. The number of amides is 1. The second-order valence-electron chi connectivity index (χ2n) is 4.18. The molecule has 1 aliphatic rings. The lowest BCUT2D eigenvalue weighted by atomic mass is 10.1. The van der Waals surface area contributed by atoms with Gasteiger partial charge < -0.3 is 15.2 Å². The standard InChI is InChI=1S/C11H17NO5/c1-7(13)17-6-9(11(15)16)12-10(14)8-4-2-3-5-8/h8-9H,2-6H2,1H3,(H,12,14)(H,15,16)/t9-/m0/s1. The summed E-state index contributed by atoms with van der Waals surface area (Å²) >= 11 is 0. The topological polar surface area (TPSA) is 92.7 Å². The van der Waals surface area contributed by atoms with Gasteiger partial charge in [-0.3, -0.25) is 9.59 Å². The number of carboxylic acids is 1. The maximum atomic E-state index is 11.7. The van der Waals surface area contributed by atoms with Crippen molar-refractivity contribution in [2.75, 3.05) is 6.61 Å². The van der Waals surface area contributed by atoms with Gasteiger partial charge in [-0.25, -0.2) is 4.79 Å². The lowest BCUT2D eigenvalue weighted by Crippen LogP contribution is -2.46. The van der Waals surface area contributed by atoms with Gasteiger partial charge in [0.05, 0.1) is 0 Å². The quantitative estimate of drug-likeness (QED) is 0.678. The molecule has 0 unspecified atom stereocenters. The first-order valence-electron chi connectivity index (χ1n) is 5.67. The molecule has 17 heavy (non-hydrogen) atoms. The van der Waals surface area contributed by atoms with E-state index in [0.29, 0.717) is 0 Å². The van der Waals surface area contributed by atoms with Gasteiger partial charge >= 0.3 is 11.9 Å². The minimum absolute atomic E-state index is 0.103. The summed E-state index contributed by atoms with van der Waals surface area (Å²) in [4.78, 5) is 33.1. The molecule has 96 valence electrons. The summed E-state index contributed by atoms with van der Waals surface area (Å²) in [6.45, 7) is 0.862. The number of ether oxygens (including phenoxy) is 1. The van der Waals surface area contributed by atoms with Crippen molar-refractivity contribution in [1.82, 2.24) is 5.32 Å². The molecule has 1 saturated carbocycles. The van der Waals surface area contributed by atoms with E-state index in [1.54, 1.807) is 0 Å². The van der Waals surface area contributed by atoms with Crippen LogP contribution in [0.25, 0.3) is 0 Å². The largest absolute Gasteiger partial charge is 0.480 e. The fourth-order valence-corrected chi connectivity index (χ4v) is 1.85. The highest BCUT2D eigenvalue weighted by molar-refractivity contribution is 5.85. The van der Waals surface area contributed by atoms with Gasteiger partial charge in [0, 0.05) is 12.8 Å². The molecule has 2 N–H and O–H groups in total. The molecule has 0 bridgehead atoms. The molecular formula is C11H17NO5. The van der Waals surface area contributed by atoms with E-state index in [4.69, 9.17) is 5.11 Å². The van der Waals surface area contributed by atoms with Gasteiger partial charge in [-0.2, -0.15) is 0 Å². The van der Waals surface area contributed by atoms with Crippen LogP contribution >= 0.6 is 0 Å². The second-order valence-corrected chi connectivity index (χ2v) is 4.18. The van der Waals surface area contributed by atoms with E-state index in [9.17, 15) is 14.4 Å². The summed E-state index contributed by atoms with van der Waals surface area (Å²) in [7, 11) is 0. The van der Waals surface area contributed by atoms with Crippen LogP contribution < -0.4 is 5.32 Å². The zero-order valence-electron chi connectivity index (χ0n) is 9.77. The first-order valence-corrected chi connectivity index (χ1v) is 5.67. The number of hydrogen-bond acceptors (Lipinski definition) is 4. The van der Waals surface area contributed by atoms with E-state index < -0.39 is 18.0 Å². The van der Waals surface area contributed by atoms with E-state index in [1.807, 2.05) is 0 Å². The van der Waals surface area contributed by atoms with Crippen LogP contribution in [0.2, 0.25) is 0 Å². The molecule has 1 fully saturated rings. The maximum Gasteiger partial charge on any atom is 0.329 e. The van der Waals surface area contributed by atoms with E-state index in [0.717, 1.165) is 25.7 Å². The molecule has 6 nitrogen and oxygen atoms in total. The van der Waals surface area contributed by atoms with Crippen molar-refractivity contribution in [2.24, 2.45) is 5.92 Å². The highest BCUT2D eigenvalue weighted by Gasteiger charge is 2.27. The average molecular weight is 243 g/mol. The third-order valence-electron chi connectivity index (χ3n) is 2.79. The number of carboxylic acid groups (broad SMARTS) is 1. The average Bonchev–Trinajstić information content (AvgIpc) is 2.76. The monoisotopic (exact) mass is 243 g/mol. The maximum absolute atomic E-state index is 11.7. The number of hydrogen-bond donors (Lipinski definition) is 2. The summed E-state index contributed by atoms with van der Waals surface area (Å²) in [5, 5.41) is 11.3. The van der Waals surface area contributed by atoms with Crippen LogP contribution in [0.15, 0.2) is 0 Å². The Morgan fingerprint density at radius 1 is 1.35 bits per heavy atom. The fourth-order valence-electron chi connectivity index (χ4n) is 1.85. The number of carbonyl (C=O) groups is 3. The Morgan fingerprint density at radius 2 is 1.94 bits per heavy atom. The number of aliphatic carboxylic acids is 1. The van der Waals surface area contributed by atoms with E-state index in [-0.39, 0.29) is 18.4 Å². The molecule has 0 aliphatic heterocycles. The van der Waals surface area contributed by atoms with Crippen LogP contribution in [0, 0.1) is 5.92 Å². The van der Waals surface area contributed by atoms with Crippen molar-refractivity contribution >= 4 is 17.8 Å². The Kier molecular flexibility index (Phi) is 4.93. The lowest BCUT2D eigenvalue weighted by molar-refractivity contribution is -0.149. The van der Waals surface area contributed by atoms with Crippen molar-refractivity contribution in [1.29, 1.82) is 0 Å². The van der Waals surface area contributed by atoms with E-state index in [2.05, 4.69) is 10.1 Å². The third kappa shape index (κ3) is 4.42. The van der Waals surface area contributed by atoms with Gasteiger partial charge in [-0.05, 0) is 12.8 Å². The Bertz CT molecular complexity index is 309. The molecule has 0 heterocycles. The van der Waals surface area contributed by atoms with Crippen molar-refractivity contribution in [3.63, 3.8) is 0 Å². The third-order valence-corrected chi connectivity index (χ3v) is 2.79. The first-order chi connectivity index (χ1) is 8.00. The minimum Gasteiger partial charge on any atom is -0.480 e. The molecular weight excluding hydrogens is 226 g/mol. The van der Waals surface area contributed by atoms with Crippen molar-refractivity contribution in [3.8, 4) is 0 Å². The molecule has 1 amide bonds. The summed E-state index contributed by atoms with van der Waals surface area (Å²) in [5.41, 5.74) is 0.